The molecule has 86 valence electrons. The summed E-state index contributed by atoms with van der Waals surface area (Å²) in [5.41, 5.74) is 0. The molecule has 6 heteroatoms. The zero-order valence-electron chi connectivity index (χ0n) is 8.46. The molecular weight excluding hydrogens is 266 g/mol. The van der Waals surface area contributed by atoms with E-state index in [-0.39, 0.29) is 13.0 Å². The lowest BCUT2D eigenvalue weighted by atomic mass is 10.2. The Labute approximate surface area is 96.6 Å². The van der Waals surface area contributed by atoms with Gasteiger partial charge in [-0.3, -0.25) is 4.79 Å². The fraction of sp³-hybridized carbons (Fsp3) is 0.556. The minimum atomic E-state index is -1.10. The molecule has 15 heavy (non-hydrogen) atoms. The third kappa shape index (κ3) is 7.10. The molecule has 0 fully saturated rings. The number of nitrogens with one attached hydrogen (secondary N) is 1. The van der Waals surface area contributed by atoms with E-state index < -0.39 is 17.9 Å². The molecule has 0 bridgehead atoms. The number of halogens is 1. The first-order valence-corrected chi connectivity index (χ1v) is 5.19. The summed E-state index contributed by atoms with van der Waals surface area (Å²) >= 11 is 3.05. The number of hydrogen-bond donors (Lipinski definition) is 2. The van der Waals surface area contributed by atoms with Gasteiger partial charge in [0.15, 0.2) is 0 Å². The second kappa shape index (κ2) is 7.42. The van der Waals surface area contributed by atoms with E-state index in [1.165, 1.54) is 0 Å². The first kappa shape index (κ1) is 14.1. The van der Waals surface area contributed by atoms with Crippen LogP contribution in [0.4, 0.5) is 0 Å². The Morgan fingerprint density at radius 1 is 1.60 bits per heavy atom. The first-order valence-electron chi connectivity index (χ1n) is 4.40. The smallest absolute Gasteiger partial charge is 0.326 e. The van der Waals surface area contributed by atoms with Crippen LogP contribution in [0.1, 0.15) is 13.3 Å². The molecule has 0 aromatic carbocycles. The van der Waals surface area contributed by atoms with Crippen LogP contribution in [0.2, 0.25) is 0 Å². The number of aliphatic carboxylic acids is 1. The largest absolute Gasteiger partial charge is 0.480 e. The van der Waals surface area contributed by atoms with Gasteiger partial charge >= 0.3 is 5.97 Å². The highest BCUT2D eigenvalue weighted by Gasteiger charge is 2.19. The van der Waals surface area contributed by atoms with E-state index in [4.69, 9.17) is 9.84 Å². The van der Waals surface area contributed by atoms with Crippen molar-refractivity contribution in [1.29, 1.82) is 0 Å². The van der Waals surface area contributed by atoms with Gasteiger partial charge in [-0.05, 0) is 11.4 Å². The normalized spacial score (nSPS) is 11.9. The summed E-state index contributed by atoms with van der Waals surface area (Å²) in [5.74, 6) is -1.54. The highest BCUT2D eigenvalue weighted by molar-refractivity contribution is 9.11. The third-order valence-corrected chi connectivity index (χ3v) is 1.82. The lowest BCUT2D eigenvalue weighted by molar-refractivity contribution is -0.142. The minimum Gasteiger partial charge on any atom is -0.480 e. The SMILES string of the molecule is C=C(Br)C[C@@H](NC(=O)COCC)C(=O)O. The maximum Gasteiger partial charge on any atom is 0.326 e. The van der Waals surface area contributed by atoms with Gasteiger partial charge in [-0.15, -0.1) is 0 Å². The van der Waals surface area contributed by atoms with Crippen LogP contribution in [0, 0.1) is 0 Å². The predicted molar refractivity (Wildman–Crippen MR) is 58.7 cm³/mol. The van der Waals surface area contributed by atoms with Crippen molar-refractivity contribution in [2.45, 2.75) is 19.4 Å². The first-order chi connectivity index (χ1) is 6.97. The van der Waals surface area contributed by atoms with Crippen molar-refractivity contribution in [3.05, 3.63) is 11.1 Å². The Kier molecular flexibility index (Phi) is 6.98. The lowest BCUT2D eigenvalue weighted by Crippen LogP contribution is -2.42. The highest BCUT2D eigenvalue weighted by atomic mass is 79.9. The molecule has 0 spiro atoms. The molecule has 0 aliphatic rings. The van der Waals surface area contributed by atoms with Crippen LogP contribution in [0.3, 0.4) is 0 Å². The number of carbonyl (C=O) groups excluding carboxylic acids is 1. The Balaban J connectivity index is 4.10. The molecule has 0 unspecified atom stereocenters. The maximum atomic E-state index is 11.2. The predicted octanol–water partition coefficient (Wildman–Crippen LogP) is 0.891. The molecular formula is C9H14BrNO4. The zero-order valence-corrected chi connectivity index (χ0v) is 10.0. The van der Waals surface area contributed by atoms with E-state index in [0.717, 1.165) is 0 Å². The van der Waals surface area contributed by atoms with Crippen molar-refractivity contribution in [1.82, 2.24) is 5.32 Å². The molecule has 0 aliphatic carbocycles. The summed E-state index contributed by atoms with van der Waals surface area (Å²) < 4.78 is 5.36. The van der Waals surface area contributed by atoms with Gasteiger partial charge in [0.2, 0.25) is 5.91 Å². The molecule has 1 atom stereocenters. The van der Waals surface area contributed by atoms with Gasteiger partial charge in [-0.25, -0.2) is 4.79 Å². The molecule has 1 amide bonds. The van der Waals surface area contributed by atoms with Crippen molar-refractivity contribution in [3.63, 3.8) is 0 Å². The van der Waals surface area contributed by atoms with Gasteiger partial charge < -0.3 is 15.2 Å². The van der Waals surface area contributed by atoms with Crippen LogP contribution in [-0.4, -0.2) is 36.2 Å². The average Bonchev–Trinajstić information content (AvgIpc) is 2.12. The van der Waals surface area contributed by atoms with Gasteiger partial charge in [0.25, 0.3) is 0 Å². The number of carboxylic acid groups (broad SMARTS) is 1. The number of amides is 1. The van der Waals surface area contributed by atoms with Gasteiger partial charge in [-0.1, -0.05) is 22.5 Å². The van der Waals surface area contributed by atoms with E-state index in [1.54, 1.807) is 6.92 Å². The number of hydrogen-bond acceptors (Lipinski definition) is 3. The maximum absolute atomic E-state index is 11.2. The van der Waals surface area contributed by atoms with Crippen LogP contribution >= 0.6 is 15.9 Å². The minimum absolute atomic E-state index is 0.130. The molecule has 0 saturated heterocycles. The van der Waals surface area contributed by atoms with Crippen LogP contribution < -0.4 is 5.32 Å². The molecule has 0 aromatic rings. The molecule has 0 aromatic heterocycles. The van der Waals surface area contributed by atoms with Crippen molar-refractivity contribution in [2.75, 3.05) is 13.2 Å². The van der Waals surface area contributed by atoms with Crippen LogP contribution in [0.15, 0.2) is 11.1 Å². The Bertz CT molecular complexity index is 254. The van der Waals surface area contributed by atoms with E-state index >= 15 is 0 Å². The summed E-state index contributed by atoms with van der Waals surface area (Å²) in [6.45, 7) is 5.55. The number of carbonyl (C=O) groups is 2. The van der Waals surface area contributed by atoms with Crippen molar-refractivity contribution in [3.8, 4) is 0 Å². The van der Waals surface area contributed by atoms with Crippen molar-refractivity contribution >= 4 is 27.8 Å². The number of ether oxygens (including phenoxy) is 1. The molecule has 2 N–H and O–H groups in total. The second-order valence-corrected chi connectivity index (χ2v) is 3.94. The van der Waals surface area contributed by atoms with Crippen molar-refractivity contribution in [2.24, 2.45) is 0 Å². The highest BCUT2D eigenvalue weighted by Crippen LogP contribution is 2.10. The fourth-order valence-corrected chi connectivity index (χ4v) is 1.18. The Morgan fingerprint density at radius 3 is 2.60 bits per heavy atom. The average molecular weight is 280 g/mol. The quantitative estimate of drug-likeness (QED) is 0.726. The standard InChI is InChI=1S/C9H14BrNO4/c1-3-15-5-8(12)11-7(9(13)14)4-6(2)10/h7H,2-5H2,1H3,(H,11,12)(H,13,14)/t7-/m1/s1. The topological polar surface area (TPSA) is 75.6 Å². The van der Waals surface area contributed by atoms with E-state index in [9.17, 15) is 9.59 Å². The van der Waals surface area contributed by atoms with Crippen LogP contribution in [0.25, 0.3) is 0 Å². The molecule has 0 saturated carbocycles. The van der Waals surface area contributed by atoms with Gasteiger partial charge in [-0.2, -0.15) is 0 Å². The monoisotopic (exact) mass is 279 g/mol. The summed E-state index contributed by atoms with van der Waals surface area (Å²) in [6, 6.07) is -0.968. The number of rotatable bonds is 7. The Hall–Kier alpha value is -0.880. The third-order valence-electron chi connectivity index (χ3n) is 1.50. The molecule has 0 aliphatic heterocycles. The lowest BCUT2D eigenvalue weighted by Gasteiger charge is -2.13. The zero-order chi connectivity index (χ0) is 11.8. The van der Waals surface area contributed by atoms with E-state index in [1.807, 2.05) is 0 Å². The van der Waals surface area contributed by atoms with Crippen LogP contribution in [-0.2, 0) is 14.3 Å². The summed E-state index contributed by atoms with van der Waals surface area (Å²) in [5, 5.41) is 11.1. The van der Waals surface area contributed by atoms with Gasteiger partial charge in [0.1, 0.15) is 12.6 Å². The summed E-state index contributed by atoms with van der Waals surface area (Å²) in [7, 11) is 0. The molecule has 0 heterocycles. The van der Waals surface area contributed by atoms with Crippen molar-refractivity contribution < 1.29 is 19.4 Å². The van der Waals surface area contributed by atoms with E-state index in [2.05, 4.69) is 27.8 Å². The van der Waals surface area contributed by atoms with E-state index in [0.29, 0.717) is 11.1 Å². The summed E-state index contributed by atoms with van der Waals surface area (Å²) in [6.07, 6.45) is 0.146. The molecule has 5 nitrogen and oxygen atoms in total. The van der Waals surface area contributed by atoms with Crippen LogP contribution in [0.5, 0.6) is 0 Å². The fourth-order valence-electron chi connectivity index (χ4n) is 0.852. The second-order valence-electron chi connectivity index (χ2n) is 2.82. The summed E-state index contributed by atoms with van der Waals surface area (Å²) in [4.78, 5) is 21.9. The molecule has 0 radical (unpaired) electrons. The van der Waals surface area contributed by atoms with Gasteiger partial charge in [0, 0.05) is 13.0 Å². The Morgan fingerprint density at radius 2 is 2.20 bits per heavy atom. The number of carboxylic acids is 1. The van der Waals surface area contributed by atoms with Gasteiger partial charge in [0.05, 0.1) is 0 Å². The molecule has 0 rings (SSSR count).